The van der Waals surface area contributed by atoms with Crippen molar-refractivity contribution in [3.63, 3.8) is 0 Å². The fourth-order valence-electron chi connectivity index (χ4n) is 1.57. The van der Waals surface area contributed by atoms with Crippen LogP contribution in [0.25, 0.3) is 0 Å². The van der Waals surface area contributed by atoms with Crippen LogP contribution in [0.1, 0.15) is 20.3 Å². The van der Waals surface area contributed by atoms with Gasteiger partial charge in [0, 0.05) is 25.2 Å². The van der Waals surface area contributed by atoms with Gasteiger partial charge in [-0.15, -0.1) is 0 Å². The number of β-amino-alcohol motifs (C(OH)–C–C–N with tert-alkyl or cyclic N) is 1. The third kappa shape index (κ3) is 2.43. The average Bonchev–Trinajstić information content (AvgIpc) is 1.85. The van der Waals surface area contributed by atoms with E-state index in [1.54, 1.807) is 0 Å². The van der Waals surface area contributed by atoms with Crippen LogP contribution in [0.3, 0.4) is 0 Å². The highest BCUT2D eigenvalue weighted by molar-refractivity contribution is 4.82. The lowest BCUT2D eigenvalue weighted by atomic mass is 10.0. The Hall–Kier alpha value is -0.120. The van der Waals surface area contributed by atoms with E-state index in [0.717, 1.165) is 19.5 Å². The first-order valence-corrected chi connectivity index (χ1v) is 4.27. The summed E-state index contributed by atoms with van der Waals surface area (Å²) in [5.41, 5.74) is 5.75. The Bertz CT molecular complexity index is 117. The summed E-state index contributed by atoms with van der Waals surface area (Å²) in [6.45, 7) is 5.97. The second-order valence-corrected chi connectivity index (χ2v) is 3.70. The molecule has 1 aliphatic heterocycles. The zero-order chi connectivity index (χ0) is 8.43. The Balaban J connectivity index is 2.43. The molecule has 3 heteroatoms. The van der Waals surface area contributed by atoms with Crippen LogP contribution in [0.2, 0.25) is 0 Å². The summed E-state index contributed by atoms with van der Waals surface area (Å²) in [6, 6.07) is 0.650. The molecule has 0 bridgehead atoms. The van der Waals surface area contributed by atoms with Crippen molar-refractivity contribution >= 4 is 0 Å². The van der Waals surface area contributed by atoms with Crippen molar-refractivity contribution in [3.8, 4) is 0 Å². The molecule has 0 aromatic carbocycles. The maximum absolute atomic E-state index is 9.38. The molecule has 1 rings (SSSR count). The molecule has 0 saturated carbocycles. The predicted octanol–water partition coefficient (Wildman–Crippen LogP) is -0.211. The smallest absolute Gasteiger partial charge is 0.0682 e. The number of aliphatic hydroxyl groups excluding tert-OH is 1. The second-order valence-electron chi connectivity index (χ2n) is 3.70. The molecule has 0 spiro atoms. The van der Waals surface area contributed by atoms with E-state index in [4.69, 9.17) is 5.73 Å². The molecule has 1 saturated heterocycles. The molecule has 2 atom stereocenters. The first kappa shape index (κ1) is 8.97. The quantitative estimate of drug-likeness (QED) is 0.555. The minimum Gasteiger partial charge on any atom is -0.392 e. The summed E-state index contributed by atoms with van der Waals surface area (Å²) in [5.74, 6) is 0. The molecule has 0 aromatic rings. The highest BCUT2D eigenvalue weighted by Gasteiger charge is 2.24. The third-order valence-electron chi connectivity index (χ3n) is 2.22. The van der Waals surface area contributed by atoms with Gasteiger partial charge >= 0.3 is 0 Å². The predicted molar refractivity (Wildman–Crippen MR) is 45.3 cm³/mol. The number of likely N-dealkylation sites (tertiary alicyclic amines) is 1. The van der Waals surface area contributed by atoms with Crippen LogP contribution in [0.15, 0.2) is 0 Å². The highest BCUT2D eigenvalue weighted by Crippen LogP contribution is 2.11. The zero-order valence-electron chi connectivity index (χ0n) is 7.33. The van der Waals surface area contributed by atoms with Crippen molar-refractivity contribution in [2.75, 3.05) is 13.1 Å². The molecule has 0 unspecified atom stereocenters. The van der Waals surface area contributed by atoms with Crippen molar-refractivity contribution in [2.45, 2.75) is 38.5 Å². The van der Waals surface area contributed by atoms with Crippen LogP contribution < -0.4 is 5.73 Å². The maximum Gasteiger partial charge on any atom is 0.0682 e. The van der Waals surface area contributed by atoms with Crippen molar-refractivity contribution in [1.82, 2.24) is 4.90 Å². The highest BCUT2D eigenvalue weighted by atomic mass is 16.3. The molecular formula is C8H18N2O. The number of aliphatic hydroxyl groups is 1. The number of hydrogen-bond donors (Lipinski definition) is 2. The lowest BCUT2D eigenvalue weighted by molar-refractivity contribution is 0.0447. The largest absolute Gasteiger partial charge is 0.392 e. The lowest BCUT2D eigenvalue weighted by Crippen LogP contribution is -2.51. The molecule has 66 valence electrons. The number of nitrogens with two attached hydrogens (primary N) is 1. The molecule has 11 heavy (non-hydrogen) atoms. The monoisotopic (exact) mass is 158 g/mol. The van der Waals surface area contributed by atoms with E-state index in [1.165, 1.54) is 0 Å². The van der Waals surface area contributed by atoms with Crippen LogP contribution in [0.5, 0.6) is 0 Å². The van der Waals surface area contributed by atoms with Crippen molar-refractivity contribution in [2.24, 2.45) is 5.73 Å². The van der Waals surface area contributed by atoms with E-state index in [9.17, 15) is 5.11 Å². The van der Waals surface area contributed by atoms with Gasteiger partial charge < -0.3 is 10.8 Å². The average molecular weight is 158 g/mol. The van der Waals surface area contributed by atoms with Crippen LogP contribution >= 0.6 is 0 Å². The summed E-state index contributed by atoms with van der Waals surface area (Å²) >= 11 is 0. The van der Waals surface area contributed by atoms with Crippen LogP contribution in [-0.4, -0.2) is 41.3 Å². The van der Waals surface area contributed by atoms with E-state index in [0.29, 0.717) is 6.04 Å². The van der Waals surface area contributed by atoms with Gasteiger partial charge in [0.15, 0.2) is 0 Å². The van der Waals surface area contributed by atoms with Gasteiger partial charge in [-0.1, -0.05) is 0 Å². The minimum atomic E-state index is -0.221. The van der Waals surface area contributed by atoms with E-state index in [-0.39, 0.29) is 12.1 Å². The molecule has 3 nitrogen and oxygen atoms in total. The standard InChI is InChI=1S/C8H18N2O/c1-6(2)10-4-7(9)3-8(11)5-10/h6-8,11H,3-5,9H2,1-2H3/t7-,8+/m0/s1. The maximum atomic E-state index is 9.38. The Morgan fingerprint density at radius 2 is 2.09 bits per heavy atom. The van der Waals surface area contributed by atoms with Crippen LogP contribution in [0, 0.1) is 0 Å². The molecule has 0 amide bonds. The number of hydrogen-bond acceptors (Lipinski definition) is 3. The fourth-order valence-corrected chi connectivity index (χ4v) is 1.57. The zero-order valence-corrected chi connectivity index (χ0v) is 7.33. The number of piperidine rings is 1. The van der Waals surface area contributed by atoms with Crippen molar-refractivity contribution < 1.29 is 5.11 Å². The second kappa shape index (κ2) is 3.52. The van der Waals surface area contributed by atoms with Crippen LogP contribution in [0.4, 0.5) is 0 Å². The van der Waals surface area contributed by atoms with Gasteiger partial charge in [-0.3, -0.25) is 4.90 Å². The molecule has 1 heterocycles. The Labute approximate surface area is 68.2 Å². The first-order chi connectivity index (χ1) is 5.09. The summed E-state index contributed by atoms with van der Waals surface area (Å²) in [4.78, 5) is 2.22. The Morgan fingerprint density at radius 3 is 2.55 bits per heavy atom. The molecule has 0 radical (unpaired) electrons. The summed E-state index contributed by atoms with van der Waals surface area (Å²) < 4.78 is 0. The number of nitrogens with zero attached hydrogens (tertiary/aromatic N) is 1. The fraction of sp³-hybridized carbons (Fsp3) is 1.00. The van der Waals surface area contributed by atoms with E-state index >= 15 is 0 Å². The van der Waals surface area contributed by atoms with Gasteiger partial charge in [0.05, 0.1) is 6.10 Å². The van der Waals surface area contributed by atoms with Crippen molar-refractivity contribution in [1.29, 1.82) is 0 Å². The summed E-state index contributed by atoms with van der Waals surface area (Å²) in [5, 5.41) is 9.38. The van der Waals surface area contributed by atoms with Gasteiger partial charge in [-0.05, 0) is 20.3 Å². The summed E-state index contributed by atoms with van der Waals surface area (Å²) in [7, 11) is 0. The van der Waals surface area contributed by atoms with E-state index in [1.807, 2.05) is 0 Å². The topological polar surface area (TPSA) is 49.5 Å². The normalized spacial score (nSPS) is 34.6. The van der Waals surface area contributed by atoms with E-state index in [2.05, 4.69) is 18.7 Å². The molecular weight excluding hydrogens is 140 g/mol. The molecule has 0 aromatic heterocycles. The van der Waals surface area contributed by atoms with Gasteiger partial charge in [-0.25, -0.2) is 0 Å². The third-order valence-corrected chi connectivity index (χ3v) is 2.22. The lowest BCUT2D eigenvalue weighted by Gasteiger charge is -2.36. The molecule has 1 aliphatic rings. The van der Waals surface area contributed by atoms with Gasteiger partial charge in [0.1, 0.15) is 0 Å². The van der Waals surface area contributed by atoms with Crippen molar-refractivity contribution in [3.05, 3.63) is 0 Å². The first-order valence-electron chi connectivity index (χ1n) is 4.27. The van der Waals surface area contributed by atoms with E-state index < -0.39 is 0 Å². The number of rotatable bonds is 1. The molecule has 3 N–H and O–H groups in total. The Morgan fingerprint density at radius 1 is 1.45 bits per heavy atom. The molecule has 0 aliphatic carbocycles. The summed E-state index contributed by atoms with van der Waals surface area (Å²) in [6.07, 6.45) is 0.532. The SMILES string of the molecule is CC(C)N1C[C@@H](N)C[C@@H](O)C1. The van der Waals surface area contributed by atoms with Gasteiger partial charge in [0.2, 0.25) is 0 Å². The Kier molecular flexibility index (Phi) is 2.87. The van der Waals surface area contributed by atoms with Gasteiger partial charge in [-0.2, -0.15) is 0 Å². The minimum absolute atomic E-state index is 0.154. The molecule has 1 fully saturated rings. The van der Waals surface area contributed by atoms with Gasteiger partial charge in [0.25, 0.3) is 0 Å². The van der Waals surface area contributed by atoms with Crippen LogP contribution in [-0.2, 0) is 0 Å².